The summed E-state index contributed by atoms with van der Waals surface area (Å²) in [5, 5.41) is 6.96. The fourth-order valence-corrected chi connectivity index (χ4v) is 5.78. The molecule has 196 valence electrons. The number of carbonyl (C=O) groups is 1. The molecule has 3 heterocycles. The van der Waals surface area contributed by atoms with Gasteiger partial charge in [0.05, 0.1) is 10.00 Å². The summed E-state index contributed by atoms with van der Waals surface area (Å²) in [6.07, 6.45) is -1.91. The Balaban J connectivity index is 1.31. The van der Waals surface area contributed by atoms with Crippen molar-refractivity contribution in [3.63, 3.8) is 0 Å². The Morgan fingerprint density at radius 1 is 1.16 bits per heavy atom. The van der Waals surface area contributed by atoms with E-state index >= 15 is 0 Å². The Labute approximate surface area is 230 Å². The molecule has 37 heavy (non-hydrogen) atoms. The minimum Gasteiger partial charge on any atom is -0.341 e. The molecule has 1 amide bonds. The molecule has 0 bridgehead atoms. The van der Waals surface area contributed by atoms with Crippen LogP contribution in [0.2, 0.25) is 10.0 Å². The maximum atomic E-state index is 13.0. The maximum absolute atomic E-state index is 13.0. The fourth-order valence-electron chi connectivity index (χ4n) is 4.08. The second-order valence-corrected chi connectivity index (χ2v) is 10.7. The van der Waals surface area contributed by atoms with Gasteiger partial charge in [-0.2, -0.15) is 13.2 Å². The number of amides is 1. The number of rotatable bonds is 6. The lowest BCUT2D eigenvalue weighted by Gasteiger charge is -2.31. The van der Waals surface area contributed by atoms with Crippen molar-refractivity contribution in [1.82, 2.24) is 14.5 Å². The lowest BCUT2D eigenvalue weighted by Crippen LogP contribution is -2.41. The minimum atomic E-state index is -4.77. The average molecular weight is 589 g/mol. The molecule has 1 aromatic carbocycles. The lowest BCUT2D eigenvalue weighted by molar-refractivity contribution is -0.139. The topological polar surface area (TPSA) is 67.2 Å². The van der Waals surface area contributed by atoms with Crippen LogP contribution in [0.4, 0.5) is 19.0 Å². The number of hydrogen-bond acceptors (Lipinski definition) is 5. The molecule has 2 aromatic heterocycles. The van der Waals surface area contributed by atoms with E-state index in [4.69, 9.17) is 35.4 Å². The molecular formula is C24H21Cl2F3N4O2S2. The Kier molecular flexibility index (Phi) is 8.57. The number of nitrogens with one attached hydrogen (secondary N) is 1. The van der Waals surface area contributed by atoms with Crippen LogP contribution in [-0.4, -0.2) is 38.4 Å². The van der Waals surface area contributed by atoms with Crippen LogP contribution in [-0.2, 0) is 23.9 Å². The summed E-state index contributed by atoms with van der Waals surface area (Å²) >= 11 is 19.4. The van der Waals surface area contributed by atoms with Gasteiger partial charge in [-0.3, -0.25) is 9.59 Å². The van der Waals surface area contributed by atoms with E-state index in [9.17, 15) is 22.8 Å². The van der Waals surface area contributed by atoms with Gasteiger partial charge in [-0.1, -0.05) is 41.5 Å². The molecule has 13 heteroatoms. The maximum Gasteiger partial charge on any atom is 0.421 e. The smallest absolute Gasteiger partial charge is 0.341 e. The number of alkyl halides is 3. The highest BCUT2D eigenvalue weighted by Gasteiger charge is 2.34. The second-order valence-electron chi connectivity index (χ2n) is 8.50. The van der Waals surface area contributed by atoms with Crippen molar-refractivity contribution >= 4 is 63.5 Å². The zero-order chi connectivity index (χ0) is 26.7. The largest absolute Gasteiger partial charge is 0.421 e. The summed E-state index contributed by atoms with van der Waals surface area (Å²) in [6.45, 7) is 0.400. The Bertz CT molecular complexity index is 1350. The number of likely N-dealkylation sites (tertiary alicyclic amines) is 1. The number of halogens is 5. The zero-order valence-corrected chi connectivity index (χ0v) is 22.4. The molecule has 0 unspecified atom stereocenters. The van der Waals surface area contributed by atoms with E-state index in [0.29, 0.717) is 59.3 Å². The van der Waals surface area contributed by atoms with E-state index < -0.39 is 29.8 Å². The molecule has 1 fully saturated rings. The highest BCUT2D eigenvalue weighted by Crippen LogP contribution is 2.32. The average Bonchev–Trinajstić information content (AvgIpc) is 3.30. The molecular weight excluding hydrogens is 568 g/mol. The van der Waals surface area contributed by atoms with Gasteiger partial charge in [0.1, 0.15) is 17.9 Å². The summed E-state index contributed by atoms with van der Waals surface area (Å²) in [5.41, 5.74) is -1.77. The van der Waals surface area contributed by atoms with Gasteiger partial charge in [0.2, 0.25) is 5.91 Å². The molecule has 0 aliphatic carbocycles. The van der Waals surface area contributed by atoms with Gasteiger partial charge < -0.3 is 14.8 Å². The van der Waals surface area contributed by atoms with Crippen molar-refractivity contribution in [2.24, 2.45) is 0 Å². The third-order valence-electron chi connectivity index (χ3n) is 6.02. The van der Waals surface area contributed by atoms with Gasteiger partial charge in [-0.05, 0) is 42.7 Å². The molecule has 4 rings (SSSR count). The quantitative estimate of drug-likeness (QED) is 0.357. The highest BCUT2D eigenvalue weighted by atomic mass is 35.5. The molecule has 1 N–H and O–H groups in total. The SMILES string of the molecule is O=C(Cn1cccc(C(F)(F)F)c1=O)N1CCC(c2nc(NC(=S)Cc3c(Cl)cccc3Cl)cs2)CC1. The van der Waals surface area contributed by atoms with Crippen LogP contribution < -0.4 is 10.9 Å². The molecule has 0 radical (unpaired) electrons. The Hall–Kier alpha value is -2.47. The van der Waals surface area contributed by atoms with E-state index in [1.54, 1.807) is 23.1 Å². The number of piperidine rings is 1. The summed E-state index contributed by atoms with van der Waals surface area (Å²) in [4.78, 5) is 31.5. The van der Waals surface area contributed by atoms with Crippen molar-refractivity contribution in [1.29, 1.82) is 0 Å². The van der Waals surface area contributed by atoms with Crippen molar-refractivity contribution in [3.05, 3.63) is 78.4 Å². The number of aromatic nitrogens is 2. The number of benzene rings is 1. The zero-order valence-electron chi connectivity index (χ0n) is 19.2. The van der Waals surface area contributed by atoms with Gasteiger partial charge in [0.25, 0.3) is 5.56 Å². The van der Waals surface area contributed by atoms with Crippen LogP contribution in [0.5, 0.6) is 0 Å². The Morgan fingerprint density at radius 3 is 2.49 bits per heavy atom. The van der Waals surface area contributed by atoms with Crippen molar-refractivity contribution < 1.29 is 18.0 Å². The van der Waals surface area contributed by atoms with E-state index in [2.05, 4.69) is 10.3 Å². The molecule has 3 aromatic rings. The van der Waals surface area contributed by atoms with E-state index in [1.807, 2.05) is 5.38 Å². The predicted molar refractivity (Wildman–Crippen MR) is 143 cm³/mol. The van der Waals surface area contributed by atoms with E-state index in [-0.39, 0.29) is 5.92 Å². The van der Waals surface area contributed by atoms with Crippen LogP contribution in [0.15, 0.2) is 46.7 Å². The normalized spacial score (nSPS) is 14.6. The molecule has 1 saturated heterocycles. The highest BCUT2D eigenvalue weighted by molar-refractivity contribution is 7.80. The van der Waals surface area contributed by atoms with Gasteiger partial charge in [-0.15, -0.1) is 11.3 Å². The first-order valence-corrected chi connectivity index (χ1v) is 13.3. The first-order chi connectivity index (χ1) is 17.5. The molecule has 6 nitrogen and oxygen atoms in total. The van der Waals surface area contributed by atoms with Crippen molar-refractivity contribution in [2.45, 2.75) is 37.9 Å². The van der Waals surface area contributed by atoms with Gasteiger partial charge >= 0.3 is 6.18 Å². The molecule has 1 aliphatic heterocycles. The van der Waals surface area contributed by atoms with Crippen LogP contribution >= 0.6 is 46.8 Å². The summed E-state index contributed by atoms with van der Waals surface area (Å²) in [5.74, 6) is 0.355. The number of thiocarbonyl (C=S) groups is 1. The van der Waals surface area contributed by atoms with Gasteiger partial charge in [0, 0.05) is 47.1 Å². The molecule has 0 spiro atoms. The first-order valence-electron chi connectivity index (χ1n) is 11.3. The number of thiazole rings is 1. The predicted octanol–water partition coefficient (Wildman–Crippen LogP) is 6.02. The summed E-state index contributed by atoms with van der Waals surface area (Å²) in [6, 6.07) is 7.10. The standard InChI is InChI=1S/C24H21Cl2F3N4O2S2/c25-17-4-1-5-18(26)15(17)11-20(36)30-19-13-37-22(31-19)14-6-9-32(10-7-14)21(34)12-33-8-2-3-16(23(33)35)24(27,28)29/h1-5,8,13-14H,6-7,9-12H2,(H,30,36). The van der Waals surface area contributed by atoms with Gasteiger partial charge in [-0.25, -0.2) is 4.98 Å². The molecule has 0 atom stereocenters. The number of hydrogen-bond donors (Lipinski definition) is 1. The molecule has 1 aliphatic rings. The summed E-state index contributed by atoms with van der Waals surface area (Å²) in [7, 11) is 0. The number of anilines is 1. The van der Waals surface area contributed by atoms with Gasteiger partial charge in [0.15, 0.2) is 0 Å². The first kappa shape index (κ1) is 27.6. The third-order valence-corrected chi connectivity index (χ3v) is 7.98. The van der Waals surface area contributed by atoms with E-state index in [0.717, 1.165) is 21.2 Å². The van der Waals surface area contributed by atoms with E-state index in [1.165, 1.54) is 17.5 Å². The number of nitrogens with zero attached hydrogens (tertiary/aromatic N) is 3. The lowest BCUT2D eigenvalue weighted by atomic mass is 9.97. The third kappa shape index (κ3) is 6.70. The number of carbonyl (C=O) groups excluding carboxylic acids is 1. The second kappa shape index (κ2) is 11.5. The van der Waals surface area contributed by atoms with Crippen LogP contribution in [0.25, 0.3) is 0 Å². The fraction of sp³-hybridized carbons (Fsp3) is 0.333. The Morgan fingerprint density at radius 2 is 1.84 bits per heavy atom. The van der Waals surface area contributed by atoms with Crippen molar-refractivity contribution in [3.8, 4) is 0 Å². The minimum absolute atomic E-state index is 0.132. The number of pyridine rings is 1. The van der Waals surface area contributed by atoms with Crippen molar-refractivity contribution in [2.75, 3.05) is 18.4 Å². The van der Waals surface area contributed by atoms with Crippen LogP contribution in [0.3, 0.4) is 0 Å². The van der Waals surface area contributed by atoms with Crippen LogP contribution in [0.1, 0.15) is 34.9 Å². The van der Waals surface area contributed by atoms with Crippen LogP contribution in [0, 0.1) is 0 Å². The molecule has 0 saturated carbocycles. The monoisotopic (exact) mass is 588 g/mol. The summed E-state index contributed by atoms with van der Waals surface area (Å²) < 4.78 is 39.8.